The number of carboxylic acids is 1. The van der Waals surface area contributed by atoms with E-state index in [0.717, 1.165) is 11.1 Å². The Morgan fingerprint density at radius 3 is 2.12 bits per heavy atom. The summed E-state index contributed by atoms with van der Waals surface area (Å²) in [5.41, 5.74) is 4.62. The van der Waals surface area contributed by atoms with E-state index in [9.17, 15) is 14.4 Å². The highest BCUT2D eigenvalue weighted by atomic mass is 16.5. The monoisotopic (exact) mass is 452 g/mol. The minimum absolute atomic E-state index is 0.0210. The molecule has 176 valence electrons. The molecule has 3 N–H and O–H groups in total. The van der Waals surface area contributed by atoms with Gasteiger partial charge in [0.2, 0.25) is 5.91 Å². The maximum Gasteiger partial charge on any atom is 0.407 e. The molecule has 0 saturated heterocycles. The first-order valence-corrected chi connectivity index (χ1v) is 11.4. The van der Waals surface area contributed by atoms with Crippen molar-refractivity contribution in [3.63, 3.8) is 0 Å². The van der Waals surface area contributed by atoms with Crippen LogP contribution < -0.4 is 10.6 Å². The van der Waals surface area contributed by atoms with Gasteiger partial charge in [-0.25, -0.2) is 4.79 Å². The molecule has 3 unspecified atom stereocenters. The highest BCUT2D eigenvalue weighted by Crippen LogP contribution is 2.44. The van der Waals surface area contributed by atoms with Crippen LogP contribution in [0.4, 0.5) is 4.79 Å². The summed E-state index contributed by atoms with van der Waals surface area (Å²) < 4.78 is 5.55. The fourth-order valence-electron chi connectivity index (χ4n) is 4.08. The average Bonchev–Trinajstić information content (AvgIpc) is 3.13. The Morgan fingerprint density at radius 1 is 0.970 bits per heavy atom. The maximum atomic E-state index is 12.4. The van der Waals surface area contributed by atoms with Gasteiger partial charge in [0.05, 0.1) is 11.8 Å². The molecular formula is C26H32N2O5. The minimum Gasteiger partial charge on any atom is -0.481 e. The first-order chi connectivity index (χ1) is 15.8. The van der Waals surface area contributed by atoms with Crippen molar-refractivity contribution in [2.75, 3.05) is 13.2 Å². The molecule has 33 heavy (non-hydrogen) atoms. The zero-order valence-electron chi connectivity index (χ0n) is 19.3. The van der Waals surface area contributed by atoms with Crippen LogP contribution in [0.2, 0.25) is 0 Å². The second-order valence-corrected chi connectivity index (χ2v) is 8.72. The second-order valence-electron chi connectivity index (χ2n) is 8.72. The third-order valence-corrected chi connectivity index (χ3v) is 6.39. The Balaban J connectivity index is 1.47. The molecule has 0 aromatic heterocycles. The van der Waals surface area contributed by atoms with Gasteiger partial charge in [-0.3, -0.25) is 9.59 Å². The van der Waals surface area contributed by atoms with Gasteiger partial charge in [0, 0.05) is 18.5 Å². The molecule has 2 amide bonds. The molecule has 1 aliphatic carbocycles. The highest BCUT2D eigenvalue weighted by Gasteiger charge is 2.29. The van der Waals surface area contributed by atoms with Crippen LogP contribution in [0.1, 0.15) is 50.7 Å². The summed E-state index contributed by atoms with van der Waals surface area (Å²) in [7, 11) is 0. The molecule has 0 radical (unpaired) electrons. The summed E-state index contributed by atoms with van der Waals surface area (Å²) in [5, 5.41) is 14.5. The van der Waals surface area contributed by atoms with Gasteiger partial charge in [-0.1, -0.05) is 62.4 Å². The number of alkyl carbamates (subject to hydrolysis) is 1. The summed E-state index contributed by atoms with van der Waals surface area (Å²) in [4.78, 5) is 35.7. The van der Waals surface area contributed by atoms with Crippen molar-refractivity contribution in [1.29, 1.82) is 0 Å². The van der Waals surface area contributed by atoms with Crippen molar-refractivity contribution in [3.05, 3.63) is 59.7 Å². The molecular weight excluding hydrogens is 420 g/mol. The number of ether oxygens (including phenoxy) is 1. The van der Waals surface area contributed by atoms with Crippen LogP contribution in [0.3, 0.4) is 0 Å². The first kappa shape index (κ1) is 24.3. The number of fused-ring (bicyclic) bond motifs is 3. The molecule has 0 fully saturated rings. The van der Waals surface area contributed by atoms with Gasteiger partial charge in [0.1, 0.15) is 6.61 Å². The molecule has 7 heteroatoms. The molecule has 0 aliphatic heterocycles. The third kappa shape index (κ3) is 5.92. The predicted octanol–water partition coefficient (Wildman–Crippen LogP) is 4.17. The number of hydrogen-bond donors (Lipinski definition) is 3. The van der Waals surface area contributed by atoms with E-state index in [2.05, 4.69) is 34.9 Å². The molecule has 0 spiro atoms. The van der Waals surface area contributed by atoms with Gasteiger partial charge < -0.3 is 20.5 Å². The van der Waals surface area contributed by atoms with Gasteiger partial charge in [-0.15, -0.1) is 0 Å². The topological polar surface area (TPSA) is 105 Å². The lowest BCUT2D eigenvalue weighted by Gasteiger charge is -2.21. The fraction of sp³-hybridized carbons (Fsp3) is 0.423. The molecule has 0 heterocycles. The number of benzene rings is 2. The van der Waals surface area contributed by atoms with Crippen LogP contribution in [-0.2, 0) is 14.3 Å². The van der Waals surface area contributed by atoms with Crippen molar-refractivity contribution >= 4 is 18.0 Å². The summed E-state index contributed by atoms with van der Waals surface area (Å²) >= 11 is 0. The van der Waals surface area contributed by atoms with Crippen molar-refractivity contribution < 1.29 is 24.2 Å². The van der Waals surface area contributed by atoms with E-state index in [1.54, 1.807) is 20.8 Å². The van der Waals surface area contributed by atoms with E-state index in [1.807, 2.05) is 24.3 Å². The van der Waals surface area contributed by atoms with Crippen LogP contribution >= 0.6 is 0 Å². The predicted molar refractivity (Wildman–Crippen MR) is 126 cm³/mol. The van der Waals surface area contributed by atoms with Crippen LogP contribution in [0, 0.1) is 11.8 Å². The lowest BCUT2D eigenvalue weighted by Crippen LogP contribution is -2.44. The van der Waals surface area contributed by atoms with Gasteiger partial charge in [0.15, 0.2) is 0 Å². The van der Waals surface area contributed by atoms with Crippen LogP contribution in [-0.4, -0.2) is 42.3 Å². The number of aliphatic carboxylic acids is 1. The van der Waals surface area contributed by atoms with E-state index in [1.165, 1.54) is 11.1 Å². The van der Waals surface area contributed by atoms with E-state index < -0.39 is 29.9 Å². The molecule has 0 saturated carbocycles. The van der Waals surface area contributed by atoms with Crippen molar-refractivity contribution in [2.45, 2.75) is 45.6 Å². The van der Waals surface area contributed by atoms with E-state index in [4.69, 9.17) is 9.84 Å². The van der Waals surface area contributed by atoms with E-state index in [0.29, 0.717) is 19.4 Å². The second kappa shape index (κ2) is 11.0. The number of rotatable bonds is 10. The Labute approximate surface area is 194 Å². The number of nitrogens with one attached hydrogen (secondary N) is 2. The van der Waals surface area contributed by atoms with E-state index >= 15 is 0 Å². The molecule has 0 bridgehead atoms. The summed E-state index contributed by atoms with van der Waals surface area (Å²) in [6.45, 7) is 5.77. The van der Waals surface area contributed by atoms with Crippen LogP contribution in [0.5, 0.6) is 0 Å². The molecule has 3 rings (SSSR count). The van der Waals surface area contributed by atoms with E-state index in [-0.39, 0.29) is 18.4 Å². The van der Waals surface area contributed by atoms with Gasteiger partial charge in [-0.2, -0.15) is 0 Å². The highest BCUT2D eigenvalue weighted by molar-refractivity contribution is 5.80. The average molecular weight is 453 g/mol. The number of carboxylic acid groups (broad SMARTS) is 1. The number of hydrogen-bond acceptors (Lipinski definition) is 4. The minimum atomic E-state index is -0.837. The van der Waals surface area contributed by atoms with Crippen molar-refractivity contribution in [1.82, 2.24) is 10.6 Å². The number of amides is 2. The standard InChI is InChI=1S/C26H32N2O5/c1-16(25(30)31)9-8-14-27-24(29)17(2)18(3)28-26(32)33-15-23-21-12-6-4-10-19(21)20-11-5-7-13-22(20)23/h4-7,10-13,16-18,23H,8-9,14-15H2,1-3H3,(H,27,29)(H,28,32)(H,30,31). The van der Waals surface area contributed by atoms with Crippen LogP contribution in [0.15, 0.2) is 48.5 Å². The maximum absolute atomic E-state index is 12.4. The van der Waals surface area contributed by atoms with Gasteiger partial charge >= 0.3 is 12.1 Å². The first-order valence-electron chi connectivity index (χ1n) is 11.4. The normalized spacial score (nSPS) is 15.0. The SMILES string of the molecule is CC(CCCNC(=O)C(C)C(C)NC(=O)OCC1c2ccccc2-c2ccccc21)C(=O)O. The quantitative estimate of drug-likeness (QED) is 0.470. The molecule has 3 atom stereocenters. The molecule has 2 aromatic carbocycles. The zero-order valence-corrected chi connectivity index (χ0v) is 19.3. The van der Waals surface area contributed by atoms with Gasteiger partial charge in [0.25, 0.3) is 0 Å². The van der Waals surface area contributed by atoms with Crippen molar-refractivity contribution in [2.24, 2.45) is 11.8 Å². The molecule has 7 nitrogen and oxygen atoms in total. The third-order valence-electron chi connectivity index (χ3n) is 6.39. The van der Waals surface area contributed by atoms with Crippen molar-refractivity contribution in [3.8, 4) is 11.1 Å². The molecule has 2 aromatic rings. The Morgan fingerprint density at radius 2 is 1.55 bits per heavy atom. The Bertz CT molecular complexity index is 960. The Hall–Kier alpha value is -3.35. The zero-order chi connectivity index (χ0) is 24.0. The smallest absolute Gasteiger partial charge is 0.407 e. The summed E-state index contributed by atoms with van der Waals surface area (Å²) in [6.07, 6.45) is 0.525. The number of carbonyl (C=O) groups is 3. The Kier molecular flexibility index (Phi) is 8.09. The number of carbonyl (C=O) groups excluding carboxylic acids is 2. The lowest BCUT2D eigenvalue weighted by molar-refractivity contribution is -0.141. The lowest BCUT2D eigenvalue weighted by atomic mass is 9.98. The van der Waals surface area contributed by atoms with Crippen LogP contribution in [0.25, 0.3) is 11.1 Å². The largest absolute Gasteiger partial charge is 0.481 e. The summed E-state index contributed by atoms with van der Waals surface area (Å²) in [6, 6.07) is 15.9. The summed E-state index contributed by atoms with van der Waals surface area (Å²) in [5.74, 6) is -1.94. The molecule has 1 aliphatic rings. The fourth-order valence-corrected chi connectivity index (χ4v) is 4.08. The van der Waals surface area contributed by atoms with Gasteiger partial charge in [-0.05, 0) is 42.0 Å².